The standard InChI is InChI=1S/C15H22N2O2/c1-17(11-12-4-2-3-5-12)15(19)13-6-8-16-14(10-13)7-9-18/h6,8,10,12,18H,2-5,7,9,11H2,1H3. The van der Waals surface area contributed by atoms with Gasteiger partial charge in [0.15, 0.2) is 0 Å². The van der Waals surface area contributed by atoms with Crippen molar-refractivity contribution in [2.45, 2.75) is 32.1 Å². The van der Waals surface area contributed by atoms with E-state index in [1.807, 2.05) is 11.9 Å². The van der Waals surface area contributed by atoms with E-state index in [1.54, 1.807) is 18.3 Å². The third-order valence-corrected chi connectivity index (χ3v) is 3.78. The molecule has 0 radical (unpaired) electrons. The summed E-state index contributed by atoms with van der Waals surface area (Å²) < 4.78 is 0. The molecule has 0 saturated heterocycles. The van der Waals surface area contributed by atoms with Crippen molar-refractivity contribution in [2.24, 2.45) is 5.92 Å². The molecule has 0 aromatic carbocycles. The lowest BCUT2D eigenvalue weighted by Crippen LogP contribution is -2.31. The maximum Gasteiger partial charge on any atom is 0.253 e. The molecule has 1 saturated carbocycles. The van der Waals surface area contributed by atoms with E-state index >= 15 is 0 Å². The van der Waals surface area contributed by atoms with Crippen LogP contribution in [-0.2, 0) is 6.42 Å². The maximum absolute atomic E-state index is 12.3. The quantitative estimate of drug-likeness (QED) is 0.881. The summed E-state index contributed by atoms with van der Waals surface area (Å²) in [4.78, 5) is 18.3. The fourth-order valence-corrected chi connectivity index (χ4v) is 2.75. The Morgan fingerprint density at radius 1 is 1.47 bits per heavy atom. The lowest BCUT2D eigenvalue weighted by atomic mass is 10.1. The van der Waals surface area contributed by atoms with Crippen molar-refractivity contribution >= 4 is 5.91 Å². The number of amides is 1. The van der Waals surface area contributed by atoms with Gasteiger partial charge in [0.2, 0.25) is 0 Å². The molecule has 1 fully saturated rings. The van der Waals surface area contributed by atoms with Gasteiger partial charge in [0.1, 0.15) is 0 Å². The smallest absolute Gasteiger partial charge is 0.253 e. The van der Waals surface area contributed by atoms with Crippen molar-refractivity contribution < 1.29 is 9.90 Å². The third kappa shape index (κ3) is 3.77. The van der Waals surface area contributed by atoms with Crippen molar-refractivity contribution in [3.05, 3.63) is 29.6 Å². The molecule has 1 aromatic heterocycles. The molecule has 0 atom stereocenters. The van der Waals surface area contributed by atoms with E-state index in [-0.39, 0.29) is 12.5 Å². The van der Waals surface area contributed by atoms with Gasteiger partial charge in [-0.3, -0.25) is 9.78 Å². The van der Waals surface area contributed by atoms with Crippen LogP contribution in [0.3, 0.4) is 0 Å². The zero-order valence-electron chi connectivity index (χ0n) is 11.5. The summed E-state index contributed by atoms with van der Waals surface area (Å²) in [6.45, 7) is 0.902. The van der Waals surface area contributed by atoms with Crippen LogP contribution in [0.1, 0.15) is 41.7 Å². The zero-order valence-corrected chi connectivity index (χ0v) is 11.5. The minimum Gasteiger partial charge on any atom is -0.396 e. The summed E-state index contributed by atoms with van der Waals surface area (Å²) in [6, 6.07) is 3.53. The Hall–Kier alpha value is -1.42. The fourth-order valence-electron chi connectivity index (χ4n) is 2.75. The summed E-state index contributed by atoms with van der Waals surface area (Å²) in [5, 5.41) is 8.91. The lowest BCUT2D eigenvalue weighted by Gasteiger charge is -2.21. The van der Waals surface area contributed by atoms with E-state index in [9.17, 15) is 4.79 Å². The molecule has 1 heterocycles. The average molecular weight is 262 g/mol. The number of hydrogen-bond acceptors (Lipinski definition) is 3. The molecule has 4 nitrogen and oxygen atoms in total. The van der Waals surface area contributed by atoms with Crippen LogP contribution in [0.15, 0.2) is 18.3 Å². The molecule has 1 amide bonds. The minimum atomic E-state index is 0.0495. The third-order valence-electron chi connectivity index (χ3n) is 3.78. The molecular weight excluding hydrogens is 240 g/mol. The van der Waals surface area contributed by atoms with Gasteiger partial charge in [0.05, 0.1) is 0 Å². The first-order valence-corrected chi connectivity index (χ1v) is 7.02. The van der Waals surface area contributed by atoms with Gasteiger partial charge in [0.25, 0.3) is 5.91 Å². The SMILES string of the molecule is CN(CC1CCCC1)C(=O)c1ccnc(CCO)c1. The van der Waals surface area contributed by atoms with Crippen molar-refractivity contribution in [2.75, 3.05) is 20.2 Å². The number of aliphatic hydroxyl groups excluding tert-OH is 1. The summed E-state index contributed by atoms with van der Waals surface area (Å²) in [5.41, 5.74) is 1.43. The summed E-state index contributed by atoms with van der Waals surface area (Å²) in [7, 11) is 1.87. The summed E-state index contributed by atoms with van der Waals surface area (Å²) in [5.74, 6) is 0.709. The van der Waals surface area contributed by atoms with Gasteiger partial charge in [-0.15, -0.1) is 0 Å². The molecule has 0 spiro atoms. The highest BCUT2D eigenvalue weighted by Gasteiger charge is 2.20. The number of carbonyl (C=O) groups is 1. The van der Waals surface area contributed by atoms with Gasteiger partial charge in [-0.2, -0.15) is 0 Å². The second-order valence-corrected chi connectivity index (χ2v) is 5.35. The predicted octanol–water partition coefficient (Wildman–Crippen LogP) is 1.88. The molecular formula is C15H22N2O2. The van der Waals surface area contributed by atoms with Crippen LogP contribution in [0.5, 0.6) is 0 Å². The molecule has 1 aromatic rings. The molecule has 1 N–H and O–H groups in total. The van der Waals surface area contributed by atoms with Crippen molar-refractivity contribution in [3.63, 3.8) is 0 Å². The Kier molecular flexibility index (Phi) is 4.91. The lowest BCUT2D eigenvalue weighted by molar-refractivity contribution is 0.0773. The van der Waals surface area contributed by atoms with Crippen molar-refractivity contribution in [1.29, 1.82) is 0 Å². The van der Waals surface area contributed by atoms with Gasteiger partial charge >= 0.3 is 0 Å². The van der Waals surface area contributed by atoms with Gasteiger partial charge in [0, 0.05) is 44.1 Å². The number of nitrogens with zero attached hydrogens (tertiary/aromatic N) is 2. The first-order chi connectivity index (χ1) is 9.20. The van der Waals surface area contributed by atoms with Crippen molar-refractivity contribution in [3.8, 4) is 0 Å². The maximum atomic E-state index is 12.3. The number of carbonyl (C=O) groups excluding carboxylic acids is 1. The normalized spacial score (nSPS) is 15.7. The van der Waals surface area contributed by atoms with Crippen LogP contribution in [0, 0.1) is 5.92 Å². The Morgan fingerprint density at radius 2 is 2.21 bits per heavy atom. The highest BCUT2D eigenvalue weighted by atomic mass is 16.3. The highest BCUT2D eigenvalue weighted by Crippen LogP contribution is 2.25. The summed E-state index contributed by atoms with van der Waals surface area (Å²) >= 11 is 0. The van der Waals surface area contributed by atoms with E-state index in [1.165, 1.54) is 25.7 Å². The Morgan fingerprint density at radius 3 is 2.89 bits per heavy atom. The number of pyridine rings is 1. The Balaban J connectivity index is 1.99. The van der Waals surface area contributed by atoms with Crippen LogP contribution in [-0.4, -0.2) is 41.1 Å². The molecule has 2 rings (SSSR count). The second-order valence-electron chi connectivity index (χ2n) is 5.35. The first-order valence-electron chi connectivity index (χ1n) is 7.02. The van der Waals surface area contributed by atoms with Crippen LogP contribution in [0.25, 0.3) is 0 Å². The number of hydrogen-bond donors (Lipinski definition) is 1. The molecule has 19 heavy (non-hydrogen) atoms. The zero-order chi connectivity index (χ0) is 13.7. The molecule has 0 unspecified atom stereocenters. The summed E-state index contributed by atoms with van der Waals surface area (Å²) in [6.07, 6.45) is 7.20. The molecule has 104 valence electrons. The first kappa shape index (κ1) is 14.0. The highest BCUT2D eigenvalue weighted by molar-refractivity contribution is 5.94. The van der Waals surface area contributed by atoms with E-state index in [4.69, 9.17) is 5.11 Å². The fraction of sp³-hybridized carbons (Fsp3) is 0.600. The van der Waals surface area contributed by atoms with E-state index in [2.05, 4.69) is 4.98 Å². The number of aliphatic hydroxyl groups is 1. The predicted molar refractivity (Wildman–Crippen MR) is 73.9 cm³/mol. The molecule has 4 heteroatoms. The number of rotatable bonds is 5. The largest absolute Gasteiger partial charge is 0.396 e. The van der Waals surface area contributed by atoms with E-state index in [0.29, 0.717) is 17.9 Å². The van der Waals surface area contributed by atoms with Crippen LogP contribution < -0.4 is 0 Å². The Labute approximate surface area is 114 Å². The molecule has 0 aliphatic heterocycles. The van der Waals surface area contributed by atoms with Crippen LogP contribution in [0.4, 0.5) is 0 Å². The van der Waals surface area contributed by atoms with Crippen molar-refractivity contribution in [1.82, 2.24) is 9.88 Å². The van der Waals surface area contributed by atoms with Gasteiger partial charge in [-0.05, 0) is 30.9 Å². The molecule has 0 bridgehead atoms. The molecule has 1 aliphatic carbocycles. The Bertz CT molecular complexity index is 428. The minimum absolute atomic E-state index is 0.0495. The topological polar surface area (TPSA) is 53.4 Å². The monoisotopic (exact) mass is 262 g/mol. The average Bonchev–Trinajstić information content (AvgIpc) is 2.91. The van der Waals surface area contributed by atoms with Crippen LogP contribution in [0.2, 0.25) is 0 Å². The van der Waals surface area contributed by atoms with Crippen LogP contribution >= 0.6 is 0 Å². The van der Waals surface area contributed by atoms with Gasteiger partial charge in [-0.1, -0.05) is 12.8 Å². The van der Waals surface area contributed by atoms with Gasteiger partial charge < -0.3 is 10.0 Å². The molecule has 1 aliphatic rings. The van der Waals surface area contributed by atoms with Gasteiger partial charge in [-0.25, -0.2) is 0 Å². The van der Waals surface area contributed by atoms with E-state index in [0.717, 1.165) is 12.2 Å². The number of aromatic nitrogens is 1. The van der Waals surface area contributed by atoms with E-state index < -0.39 is 0 Å². The second kappa shape index (κ2) is 6.66.